The molecule has 0 saturated heterocycles. The van der Waals surface area contributed by atoms with Crippen molar-refractivity contribution in [3.8, 4) is 0 Å². The summed E-state index contributed by atoms with van der Waals surface area (Å²) in [5.74, 6) is 0. The van der Waals surface area contributed by atoms with Gasteiger partial charge in [-0.3, -0.25) is 0 Å². The Bertz CT molecular complexity index is 228. The molecule has 0 bridgehead atoms. The van der Waals surface area contributed by atoms with E-state index >= 15 is 0 Å². The van der Waals surface area contributed by atoms with Crippen LogP contribution in [0.25, 0.3) is 0 Å². The van der Waals surface area contributed by atoms with E-state index in [0.717, 1.165) is 10.2 Å². The number of hydrogen-bond donors (Lipinski definition) is 0. The van der Waals surface area contributed by atoms with Gasteiger partial charge in [-0.2, -0.15) is 0 Å². The fraction of sp³-hybridized carbons (Fsp3) is 0.222. The predicted molar refractivity (Wildman–Crippen MR) is 49.3 cm³/mol. The smallest absolute Gasteiger partial charge is 0.0127 e. The van der Waals surface area contributed by atoms with Crippen molar-refractivity contribution in [3.05, 3.63) is 40.9 Å². The van der Waals surface area contributed by atoms with Crippen LogP contribution in [0.15, 0.2) is 18.2 Å². The average Bonchev–Trinajstić information content (AvgIpc) is 1.95. The number of rotatable bonds is 1. The molecule has 10 heavy (non-hydrogen) atoms. The molecule has 53 valence electrons. The van der Waals surface area contributed by atoms with Gasteiger partial charge in [0.2, 0.25) is 0 Å². The lowest BCUT2D eigenvalue weighted by molar-refractivity contribution is 1.30. The molecule has 1 radical (unpaired) electrons. The first-order valence-electron chi connectivity index (χ1n) is 3.61. The van der Waals surface area contributed by atoms with Crippen LogP contribution in [0, 0.1) is 19.9 Å². The van der Waals surface area contributed by atoms with Gasteiger partial charge in [0, 0.05) is 10.2 Å². The van der Waals surface area contributed by atoms with E-state index in [2.05, 4.69) is 38.1 Å². The lowest BCUT2D eigenvalue weighted by Crippen LogP contribution is -1.88. The van der Waals surface area contributed by atoms with E-state index in [0.29, 0.717) is 0 Å². The summed E-state index contributed by atoms with van der Waals surface area (Å²) in [6.07, 6.45) is 0. The molecule has 0 atom stereocenters. The summed E-state index contributed by atoms with van der Waals surface area (Å²) in [5, 5.41) is 0. The molecule has 1 aromatic carbocycles. The normalized spacial score (nSPS) is 10.2. The van der Waals surface area contributed by atoms with Crippen LogP contribution in [-0.2, 0) is 0 Å². The van der Waals surface area contributed by atoms with Gasteiger partial charge in [-0.1, -0.05) is 18.2 Å². The molecule has 0 fully saturated rings. The van der Waals surface area contributed by atoms with E-state index in [4.69, 9.17) is 0 Å². The Labute approximate surface area is 65.7 Å². The Morgan fingerprint density at radius 1 is 1.30 bits per heavy atom. The van der Waals surface area contributed by atoms with Gasteiger partial charge in [0.25, 0.3) is 0 Å². The van der Waals surface area contributed by atoms with Crippen molar-refractivity contribution in [2.75, 3.05) is 0 Å². The van der Waals surface area contributed by atoms with Crippen LogP contribution >= 0.6 is 0 Å². The maximum atomic E-state index is 2.28. The minimum absolute atomic E-state index is 1.15. The Morgan fingerprint density at radius 3 is 2.50 bits per heavy atom. The Morgan fingerprint density at radius 2 is 2.00 bits per heavy atom. The van der Waals surface area contributed by atoms with Crippen molar-refractivity contribution in [1.29, 1.82) is 0 Å². The molecule has 1 aromatic rings. The number of benzene rings is 1. The first-order chi connectivity index (χ1) is 4.75. The fourth-order valence-corrected chi connectivity index (χ4v) is 1.71. The number of aryl methyl sites for hydroxylation is 1. The van der Waals surface area contributed by atoms with Crippen molar-refractivity contribution in [3.63, 3.8) is 0 Å². The highest BCUT2D eigenvalue weighted by molar-refractivity contribution is 6.17. The summed E-state index contributed by atoms with van der Waals surface area (Å²) < 4.78 is 0. The van der Waals surface area contributed by atoms with E-state index in [1.54, 1.807) is 0 Å². The summed E-state index contributed by atoms with van der Waals surface area (Å²) in [6, 6.07) is 8.73. The second kappa shape index (κ2) is 3.02. The quantitative estimate of drug-likeness (QED) is 0.526. The molecule has 0 amide bonds. The highest BCUT2D eigenvalue weighted by Crippen LogP contribution is 2.12. The van der Waals surface area contributed by atoms with Crippen LogP contribution in [0.5, 0.6) is 0 Å². The highest BCUT2D eigenvalue weighted by Gasteiger charge is 1.95. The Kier molecular flexibility index (Phi) is 2.28. The minimum atomic E-state index is 1.15. The van der Waals surface area contributed by atoms with E-state index in [1.165, 1.54) is 16.7 Å². The highest BCUT2D eigenvalue weighted by atomic mass is 28.1. The standard InChI is InChI=1S/C9H13Si/c1-7-4-3-5-9(6-10)8(7)2/h3-6H,1-2,10H3. The summed E-state index contributed by atoms with van der Waals surface area (Å²) in [7, 11) is 1.15. The van der Waals surface area contributed by atoms with E-state index in [1.807, 2.05) is 0 Å². The molecule has 0 aromatic heterocycles. The fourth-order valence-electron chi connectivity index (χ4n) is 1.09. The lowest BCUT2D eigenvalue weighted by atomic mass is 10.1. The first-order valence-corrected chi connectivity index (χ1v) is 4.76. The van der Waals surface area contributed by atoms with Crippen LogP contribution in [0.3, 0.4) is 0 Å². The van der Waals surface area contributed by atoms with Crippen LogP contribution in [0.4, 0.5) is 0 Å². The molecule has 0 spiro atoms. The first kappa shape index (κ1) is 7.54. The van der Waals surface area contributed by atoms with E-state index < -0.39 is 0 Å². The van der Waals surface area contributed by atoms with Crippen LogP contribution in [-0.4, -0.2) is 10.2 Å². The van der Waals surface area contributed by atoms with Crippen molar-refractivity contribution in [2.24, 2.45) is 0 Å². The molecule has 0 aliphatic rings. The van der Waals surface area contributed by atoms with Gasteiger partial charge in [0.1, 0.15) is 0 Å². The Hall–Kier alpha value is -0.563. The molecule has 0 nitrogen and oxygen atoms in total. The molecular weight excluding hydrogens is 136 g/mol. The molecule has 0 aliphatic heterocycles. The molecule has 1 rings (SSSR count). The zero-order chi connectivity index (χ0) is 7.56. The number of hydrogen-bond acceptors (Lipinski definition) is 0. The van der Waals surface area contributed by atoms with Gasteiger partial charge in [-0.15, -0.1) is 0 Å². The molecule has 0 N–H and O–H groups in total. The molecule has 0 heterocycles. The third-order valence-electron chi connectivity index (χ3n) is 1.96. The second-order valence-corrected chi connectivity index (χ2v) is 3.16. The largest absolute Gasteiger partial charge is 0.0617 e. The van der Waals surface area contributed by atoms with Gasteiger partial charge in [-0.05, 0) is 36.6 Å². The molecule has 1 heteroatoms. The SMILES string of the molecule is Cc1cccc([CH][SiH3])c1C. The monoisotopic (exact) mass is 149 g/mol. The van der Waals surface area contributed by atoms with Gasteiger partial charge in [0.15, 0.2) is 0 Å². The van der Waals surface area contributed by atoms with Crippen LogP contribution in [0.2, 0.25) is 0 Å². The maximum Gasteiger partial charge on any atom is 0.0127 e. The van der Waals surface area contributed by atoms with Gasteiger partial charge < -0.3 is 0 Å². The summed E-state index contributed by atoms with van der Waals surface area (Å²) >= 11 is 0. The molecule has 0 aliphatic carbocycles. The van der Waals surface area contributed by atoms with Crippen LogP contribution in [0.1, 0.15) is 16.7 Å². The predicted octanol–water partition coefficient (Wildman–Crippen LogP) is 1.18. The molecule has 0 saturated carbocycles. The van der Waals surface area contributed by atoms with Crippen LogP contribution < -0.4 is 0 Å². The van der Waals surface area contributed by atoms with Crippen molar-refractivity contribution in [1.82, 2.24) is 0 Å². The van der Waals surface area contributed by atoms with Crippen molar-refractivity contribution < 1.29 is 0 Å². The topological polar surface area (TPSA) is 0 Å². The van der Waals surface area contributed by atoms with E-state index in [-0.39, 0.29) is 0 Å². The third kappa shape index (κ3) is 1.29. The van der Waals surface area contributed by atoms with Gasteiger partial charge in [-0.25, -0.2) is 0 Å². The van der Waals surface area contributed by atoms with E-state index in [9.17, 15) is 0 Å². The molecule has 0 unspecified atom stereocenters. The average molecular weight is 149 g/mol. The summed E-state index contributed by atoms with van der Waals surface area (Å²) in [5.41, 5.74) is 4.23. The lowest BCUT2D eigenvalue weighted by Gasteiger charge is -2.04. The van der Waals surface area contributed by atoms with Crippen molar-refractivity contribution >= 4 is 10.2 Å². The minimum Gasteiger partial charge on any atom is -0.0617 e. The van der Waals surface area contributed by atoms with Gasteiger partial charge in [0.05, 0.1) is 0 Å². The zero-order valence-electron chi connectivity index (χ0n) is 6.81. The molecular formula is C9H13Si. The summed E-state index contributed by atoms with van der Waals surface area (Å²) in [4.78, 5) is 0. The second-order valence-electron chi connectivity index (χ2n) is 2.58. The Balaban J connectivity index is 3.14. The summed E-state index contributed by atoms with van der Waals surface area (Å²) in [6.45, 7) is 4.34. The van der Waals surface area contributed by atoms with Crippen molar-refractivity contribution in [2.45, 2.75) is 13.8 Å². The third-order valence-corrected chi connectivity index (χ3v) is 2.58. The maximum absolute atomic E-state index is 2.28. The zero-order valence-corrected chi connectivity index (χ0v) is 8.81. The van der Waals surface area contributed by atoms with Gasteiger partial charge >= 0.3 is 0 Å².